The van der Waals surface area contributed by atoms with E-state index < -0.39 is 0 Å². The molecule has 1 aliphatic heterocycles. The average Bonchev–Trinajstić information content (AvgIpc) is 3.02. The molecule has 2 fully saturated rings. The number of thiazole rings is 1. The molecule has 0 unspecified atom stereocenters. The molecular weight excluding hydrogens is 327 g/mol. The molecule has 1 saturated heterocycles. The van der Waals surface area contributed by atoms with Crippen molar-refractivity contribution in [2.45, 2.75) is 31.3 Å². The van der Waals surface area contributed by atoms with E-state index in [1.807, 2.05) is 10.3 Å². The van der Waals surface area contributed by atoms with Crippen LogP contribution in [0.15, 0.2) is 29.6 Å². The third-order valence-electron chi connectivity index (χ3n) is 4.86. The summed E-state index contributed by atoms with van der Waals surface area (Å²) in [4.78, 5) is 19.0. The van der Waals surface area contributed by atoms with Crippen LogP contribution >= 0.6 is 11.3 Å². The van der Waals surface area contributed by atoms with Gasteiger partial charge in [-0.1, -0.05) is 0 Å². The van der Waals surface area contributed by atoms with Crippen molar-refractivity contribution in [3.05, 3.63) is 40.5 Å². The number of halogens is 1. The van der Waals surface area contributed by atoms with Gasteiger partial charge in [0.1, 0.15) is 10.8 Å². The summed E-state index contributed by atoms with van der Waals surface area (Å²) in [5.74, 6) is -0.147. The molecule has 1 aromatic carbocycles. The Morgan fingerprint density at radius 2 is 2.12 bits per heavy atom. The molecule has 1 aromatic heterocycles. The van der Waals surface area contributed by atoms with Crippen LogP contribution in [-0.4, -0.2) is 41.1 Å². The number of ether oxygens (including phenoxy) is 1. The van der Waals surface area contributed by atoms with Crippen molar-refractivity contribution in [1.29, 1.82) is 0 Å². The van der Waals surface area contributed by atoms with Gasteiger partial charge in [0.15, 0.2) is 0 Å². The summed E-state index contributed by atoms with van der Waals surface area (Å²) < 4.78 is 18.9. The molecule has 0 bridgehead atoms. The first-order chi connectivity index (χ1) is 11.6. The van der Waals surface area contributed by atoms with Crippen LogP contribution < -0.4 is 0 Å². The molecule has 4 nitrogen and oxygen atoms in total. The van der Waals surface area contributed by atoms with Gasteiger partial charge in [0.25, 0.3) is 0 Å². The van der Waals surface area contributed by atoms with Crippen molar-refractivity contribution < 1.29 is 13.9 Å². The largest absolute Gasteiger partial charge is 0.371 e. The summed E-state index contributed by atoms with van der Waals surface area (Å²) in [5.41, 5.74) is 1.59. The highest BCUT2D eigenvalue weighted by Gasteiger charge is 2.43. The van der Waals surface area contributed by atoms with Crippen LogP contribution in [0.4, 0.5) is 4.39 Å². The van der Waals surface area contributed by atoms with E-state index in [9.17, 15) is 9.18 Å². The molecular formula is C18H19FN2O2S. The maximum absolute atomic E-state index is 13.0. The van der Waals surface area contributed by atoms with E-state index in [1.54, 1.807) is 12.1 Å². The van der Waals surface area contributed by atoms with Gasteiger partial charge in [0.05, 0.1) is 24.3 Å². The first-order valence-corrected chi connectivity index (χ1v) is 9.14. The maximum atomic E-state index is 13.0. The molecule has 1 amide bonds. The Morgan fingerprint density at radius 3 is 2.83 bits per heavy atom. The maximum Gasteiger partial charge on any atom is 0.229 e. The number of rotatable bonds is 3. The topological polar surface area (TPSA) is 42.4 Å². The highest BCUT2D eigenvalue weighted by Crippen LogP contribution is 2.38. The van der Waals surface area contributed by atoms with Crippen molar-refractivity contribution >= 4 is 17.2 Å². The van der Waals surface area contributed by atoms with Gasteiger partial charge < -0.3 is 9.64 Å². The van der Waals surface area contributed by atoms with Gasteiger partial charge in [0, 0.05) is 24.0 Å². The van der Waals surface area contributed by atoms with Crippen LogP contribution in [0, 0.1) is 5.82 Å². The first kappa shape index (κ1) is 15.7. The van der Waals surface area contributed by atoms with E-state index in [2.05, 4.69) is 4.98 Å². The fourth-order valence-corrected chi connectivity index (χ4v) is 4.11. The lowest BCUT2D eigenvalue weighted by atomic mass is 9.79. The van der Waals surface area contributed by atoms with Gasteiger partial charge in [-0.25, -0.2) is 9.37 Å². The minimum Gasteiger partial charge on any atom is -0.371 e. The number of aromatic nitrogens is 1. The van der Waals surface area contributed by atoms with Gasteiger partial charge in [-0.3, -0.25) is 4.79 Å². The predicted molar refractivity (Wildman–Crippen MR) is 90.3 cm³/mol. The Morgan fingerprint density at radius 1 is 1.33 bits per heavy atom. The highest BCUT2D eigenvalue weighted by molar-refractivity contribution is 7.10. The van der Waals surface area contributed by atoms with Crippen molar-refractivity contribution in [1.82, 2.24) is 9.88 Å². The summed E-state index contributed by atoms with van der Waals surface area (Å²) in [6.07, 6.45) is 3.63. The van der Waals surface area contributed by atoms with Crippen LogP contribution in [0.5, 0.6) is 0 Å². The van der Waals surface area contributed by atoms with Crippen LogP contribution in [0.2, 0.25) is 0 Å². The number of hydrogen-bond donors (Lipinski definition) is 0. The predicted octanol–water partition coefficient (Wildman–Crippen LogP) is 3.27. The third kappa shape index (κ3) is 3.08. The fraction of sp³-hybridized carbons (Fsp3) is 0.444. The van der Waals surface area contributed by atoms with E-state index in [-0.39, 0.29) is 17.3 Å². The van der Waals surface area contributed by atoms with E-state index in [0.29, 0.717) is 26.1 Å². The van der Waals surface area contributed by atoms with Gasteiger partial charge in [-0.05, 0) is 43.5 Å². The number of hydrogen-bond acceptors (Lipinski definition) is 4. The zero-order valence-corrected chi connectivity index (χ0v) is 14.2. The van der Waals surface area contributed by atoms with E-state index >= 15 is 0 Å². The number of amides is 1. The molecule has 24 heavy (non-hydrogen) atoms. The molecule has 2 aliphatic rings. The van der Waals surface area contributed by atoms with Gasteiger partial charge >= 0.3 is 0 Å². The lowest BCUT2D eigenvalue weighted by molar-refractivity contribution is -0.167. The first-order valence-electron chi connectivity index (χ1n) is 8.26. The number of morpholine rings is 1. The molecule has 0 atom stereocenters. The molecule has 126 valence electrons. The van der Waals surface area contributed by atoms with Crippen molar-refractivity contribution in [2.24, 2.45) is 0 Å². The second kappa shape index (κ2) is 6.26. The van der Waals surface area contributed by atoms with E-state index in [4.69, 9.17) is 4.74 Å². The molecule has 2 heterocycles. The van der Waals surface area contributed by atoms with Crippen molar-refractivity contribution in [3.8, 4) is 11.3 Å². The number of carbonyl (C=O) groups is 1. The summed E-state index contributed by atoms with van der Waals surface area (Å²) in [7, 11) is 0. The molecule has 4 rings (SSSR count). The summed E-state index contributed by atoms with van der Waals surface area (Å²) >= 11 is 1.48. The Labute approximate surface area is 144 Å². The van der Waals surface area contributed by atoms with Gasteiger partial charge in [0.2, 0.25) is 5.91 Å². The zero-order valence-electron chi connectivity index (χ0n) is 13.3. The second-order valence-corrected chi connectivity index (χ2v) is 7.45. The average molecular weight is 346 g/mol. The van der Waals surface area contributed by atoms with Crippen LogP contribution in [0.25, 0.3) is 11.3 Å². The minimum absolute atomic E-state index is 0.0734. The molecule has 2 aromatic rings. The van der Waals surface area contributed by atoms with Crippen LogP contribution in [-0.2, 0) is 16.0 Å². The summed E-state index contributed by atoms with van der Waals surface area (Å²) in [6, 6.07) is 6.26. The Balaban J connectivity index is 1.42. The SMILES string of the molecule is O=C(Cc1nc(-c2ccc(F)cc2)cs1)N1CCOC2(CCC2)C1. The molecule has 6 heteroatoms. The summed E-state index contributed by atoms with van der Waals surface area (Å²) in [5, 5.41) is 2.72. The number of benzene rings is 1. The lowest BCUT2D eigenvalue weighted by Crippen LogP contribution is -2.57. The minimum atomic E-state index is -0.262. The molecule has 1 spiro atoms. The van der Waals surface area contributed by atoms with Gasteiger partial charge in [-0.2, -0.15) is 0 Å². The lowest BCUT2D eigenvalue weighted by Gasteiger charge is -2.48. The Bertz CT molecular complexity index is 740. The van der Waals surface area contributed by atoms with E-state index in [1.165, 1.54) is 29.9 Å². The molecule has 0 N–H and O–H groups in total. The second-order valence-electron chi connectivity index (χ2n) is 6.51. The molecule has 1 aliphatic carbocycles. The van der Waals surface area contributed by atoms with Crippen molar-refractivity contribution in [3.63, 3.8) is 0 Å². The molecule has 1 saturated carbocycles. The number of nitrogens with zero attached hydrogens (tertiary/aromatic N) is 2. The Hall–Kier alpha value is -1.79. The highest BCUT2D eigenvalue weighted by atomic mass is 32.1. The quantitative estimate of drug-likeness (QED) is 0.857. The third-order valence-corrected chi connectivity index (χ3v) is 5.71. The van der Waals surface area contributed by atoms with Crippen LogP contribution in [0.3, 0.4) is 0 Å². The normalized spacial score (nSPS) is 19.3. The number of carbonyl (C=O) groups excluding carboxylic acids is 1. The zero-order chi connectivity index (χ0) is 16.6. The van der Waals surface area contributed by atoms with Crippen molar-refractivity contribution in [2.75, 3.05) is 19.7 Å². The molecule has 0 radical (unpaired) electrons. The standard InChI is InChI=1S/C18H19FN2O2S/c19-14-4-2-13(3-5-14)15-11-24-16(20-15)10-17(22)21-8-9-23-18(12-21)6-1-7-18/h2-5,11H,1,6-10,12H2. The monoisotopic (exact) mass is 346 g/mol. The fourth-order valence-electron chi connectivity index (χ4n) is 3.32. The summed E-state index contributed by atoms with van der Waals surface area (Å²) in [6.45, 7) is 2.00. The smallest absolute Gasteiger partial charge is 0.229 e. The Kier molecular flexibility index (Phi) is 4.10. The van der Waals surface area contributed by atoms with E-state index in [0.717, 1.165) is 29.1 Å². The van der Waals surface area contributed by atoms with Gasteiger partial charge in [-0.15, -0.1) is 11.3 Å². The van der Waals surface area contributed by atoms with Crippen LogP contribution in [0.1, 0.15) is 24.3 Å².